The smallest absolute Gasteiger partial charge is 0.164 e. The van der Waals surface area contributed by atoms with Crippen LogP contribution in [0.2, 0.25) is 0 Å². The van der Waals surface area contributed by atoms with Crippen molar-refractivity contribution in [1.82, 2.24) is 0 Å². The zero-order valence-electron chi connectivity index (χ0n) is 9.51. The van der Waals surface area contributed by atoms with Gasteiger partial charge in [-0.15, -0.1) is 0 Å². The molecule has 0 aromatic heterocycles. The molecule has 1 nitrogen and oxygen atoms in total. The summed E-state index contributed by atoms with van der Waals surface area (Å²) in [6.07, 6.45) is 1.73. The van der Waals surface area contributed by atoms with Gasteiger partial charge in [-0.3, -0.25) is 4.79 Å². The third-order valence-electron chi connectivity index (χ3n) is 2.72. The molecular weight excluding hydrogens is 299 g/mol. The van der Waals surface area contributed by atoms with Gasteiger partial charge in [-0.05, 0) is 41.0 Å². The number of Topliss-reactive ketones (excluding diaryl/α,β-unsaturated/α-hetero) is 1. The number of carbonyl (C=O) groups is 1. The van der Waals surface area contributed by atoms with Gasteiger partial charge in [0.15, 0.2) is 5.78 Å². The van der Waals surface area contributed by atoms with Gasteiger partial charge >= 0.3 is 0 Å². The van der Waals surface area contributed by atoms with Crippen LogP contribution in [-0.4, -0.2) is 5.78 Å². The van der Waals surface area contributed by atoms with Crippen molar-refractivity contribution in [2.24, 2.45) is 5.92 Å². The van der Waals surface area contributed by atoms with Crippen LogP contribution in [0.5, 0.6) is 0 Å². The van der Waals surface area contributed by atoms with E-state index in [2.05, 4.69) is 36.4 Å². The molecule has 0 saturated carbocycles. The molecule has 1 atom stereocenters. The first-order chi connectivity index (χ1) is 7.06. The number of carbonyl (C=O) groups excluding carboxylic acids is 1. The molecule has 1 unspecified atom stereocenters. The summed E-state index contributed by atoms with van der Waals surface area (Å²) in [4.78, 5) is 12.0. The van der Waals surface area contributed by atoms with Crippen LogP contribution in [0.3, 0.4) is 0 Å². The molecule has 0 amide bonds. The van der Waals surface area contributed by atoms with E-state index in [0.29, 0.717) is 12.3 Å². The first kappa shape index (κ1) is 12.7. The standard InChI is InChI=1S/C13H17IO/c1-4-9(2)8-12(15)11-7-5-6-10(3)13(11)14/h5-7,9H,4,8H2,1-3H3. The van der Waals surface area contributed by atoms with Gasteiger partial charge in [0.1, 0.15) is 0 Å². The fourth-order valence-corrected chi connectivity index (χ4v) is 2.09. The summed E-state index contributed by atoms with van der Waals surface area (Å²) in [5, 5.41) is 0. The summed E-state index contributed by atoms with van der Waals surface area (Å²) in [7, 11) is 0. The Morgan fingerprint density at radius 2 is 2.13 bits per heavy atom. The third kappa shape index (κ3) is 3.30. The second kappa shape index (κ2) is 5.64. The Kier molecular flexibility index (Phi) is 4.77. The Morgan fingerprint density at radius 1 is 1.47 bits per heavy atom. The summed E-state index contributed by atoms with van der Waals surface area (Å²) in [5.41, 5.74) is 2.07. The molecule has 0 aliphatic carbocycles. The van der Waals surface area contributed by atoms with E-state index in [-0.39, 0.29) is 5.78 Å². The number of hydrogen-bond acceptors (Lipinski definition) is 1. The lowest BCUT2D eigenvalue weighted by Crippen LogP contribution is -2.07. The van der Waals surface area contributed by atoms with E-state index >= 15 is 0 Å². The first-order valence-corrected chi connectivity index (χ1v) is 6.42. The van der Waals surface area contributed by atoms with Gasteiger partial charge in [0.05, 0.1) is 0 Å². The highest BCUT2D eigenvalue weighted by atomic mass is 127. The van der Waals surface area contributed by atoms with Crippen molar-refractivity contribution in [1.29, 1.82) is 0 Å². The second-order valence-corrected chi connectivity index (χ2v) is 5.16. The van der Waals surface area contributed by atoms with Gasteiger partial charge in [-0.2, -0.15) is 0 Å². The van der Waals surface area contributed by atoms with Crippen LogP contribution in [0.1, 0.15) is 42.6 Å². The van der Waals surface area contributed by atoms with Crippen molar-refractivity contribution in [3.8, 4) is 0 Å². The molecular formula is C13H17IO. The predicted molar refractivity (Wildman–Crippen MR) is 72.3 cm³/mol. The van der Waals surface area contributed by atoms with Gasteiger partial charge in [0.25, 0.3) is 0 Å². The molecule has 1 rings (SSSR count). The Hall–Kier alpha value is -0.380. The van der Waals surface area contributed by atoms with Gasteiger partial charge in [0.2, 0.25) is 0 Å². The van der Waals surface area contributed by atoms with Crippen LogP contribution in [0.4, 0.5) is 0 Å². The Morgan fingerprint density at radius 3 is 2.73 bits per heavy atom. The summed E-state index contributed by atoms with van der Waals surface area (Å²) < 4.78 is 1.10. The van der Waals surface area contributed by atoms with Crippen LogP contribution in [0, 0.1) is 16.4 Å². The summed E-state index contributed by atoms with van der Waals surface area (Å²) >= 11 is 2.26. The van der Waals surface area contributed by atoms with E-state index in [1.54, 1.807) is 0 Å². The third-order valence-corrected chi connectivity index (χ3v) is 4.15. The zero-order chi connectivity index (χ0) is 11.4. The van der Waals surface area contributed by atoms with Crippen molar-refractivity contribution in [2.75, 3.05) is 0 Å². The number of rotatable bonds is 4. The maximum absolute atomic E-state index is 12.0. The molecule has 0 spiro atoms. The summed E-state index contributed by atoms with van der Waals surface area (Å²) in [5.74, 6) is 0.756. The first-order valence-electron chi connectivity index (χ1n) is 5.34. The minimum absolute atomic E-state index is 0.275. The fourth-order valence-electron chi connectivity index (χ4n) is 1.43. The minimum Gasteiger partial charge on any atom is -0.294 e. The SMILES string of the molecule is CCC(C)CC(=O)c1cccc(C)c1I. The molecule has 0 saturated heterocycles. The highest BCUT2D eigenvalue weighted by molar-refractivity contribution is 14.1. The van der Waals surface area contributed by atoms with E-state index < -0.39 is 0 Å². The van der Waals surface area contributed by atoms with Crippen LogP contribution in [0.25, 0.3) is 0 Å². The zero-order valence-corrected chi connectivity index (χ0v) is 11.7. The molecule has 0 N–H and O–H groups in total. The molecule has 0 bridgehead atoms. The molecule has 0 aliphatic heterocycles. The molecule has 1 aromatic carbocycles. The molecule has 1 aromatic rings. The lowest BCUT2D eigenvalue weighted by atomic mass is 9.97. The predicted octanol–water partition coefficient (Wildman–Crippen LogP) is 4.22. The highest BCUT2D eigenvalue weighted by Crippen LogP contribution is 2.20. The topological polar surface area (TPSA) is 17.1 Å². The van der Waals surface area contributed by atoms with Gasteiger partial charge in [-0.1, -0.05) is 38.5 Å². The van der Waals surface area contributed by atoms with E-state index in [1.807, 2.05) is 25.1 Å². The summed E-state index contributed by atoms with van der Waals surface area (Å²) in [6.45, 7) is 6.29. The monoisotopic (exact) mass is 316 g/mol. The Bertz CT molecular complexity index is 358. The van der Waals surface area contributed by atoms with Crippen molar-refractivity contribution in [3.63, 3.8) is 0 Å². The maximum Gasteiger partial charge on any atom is 0.164 e. The quantitative estimate of drug-likeness (QED) is 0.600. The number of aryl methyl sites for hydroxylation is 1. The van der Waals surface area contributed by atoms with Gasteiger partial charge in [-0.25, -0.2) is 0 Å². The maximum atomic E-state index is 12.0. The largest absolute Gasteiger partial charge is 0.294 e. The van der Waals surface area contributed by atoms with Crippen LogP contribution >= 0.6 is 22.6 Å². The van der Waals surface area contributed by atoms with Crippen molar-refractivity contribution in [2.45, 2.75) is 33.6 Å². The Balaban J connectivity index is 2.87. The van der Waals surface area contributed by atoms with E-state index in [9.17, 15) is 4.79 Å². The highest BCUT2D eigenvalue weighted by Gasteiger charge is 2.13. The van der Waals surface area contributed by atoms with Crippen LogP contribution in [-0.2, 0) is 0 Å². The lowest BCUT2D eigenvalue weighted by molar-refractivity contribution is 0.0962. The van der Waals surface area contributed by atoms with Gasteiger partial charge in [0, 0.05) is 15.6 Å². The van der Waals surface area contributed by atoms with Crippen LogP contribution in [0.15, 0.2) is 18.2 Å². The number of benzene rings is 1. The van der Waals surface area contributed by atoms with Crippen molar-refractivity contribution in [3.05, 3.63) is 32.9 Å². The molecule has 82 valence electrons. The average molecular weight is 316 g/mol. The van der Waals surface area contributed by atoms with E-state index in [4.69, 9.17) is 0 Å². The van der Waals surface area contributed by atoms with E-state index in [0.717, 1.165) is 15.6 Å². The second-order valence-electron chi connectivity index (χ2n) is 4.08. The molecule has 0 aliphatic rings. The molecule has 2 heteroatoms. The van der Waals surface area contributed by atoms with Crippen molar-refractivity contribution < 1.29 is 4.79 Å². The van der Waals surface area contributed by atoms with E-state index in [1.165, 1.54) is 5.56 Å². The Labute approximate surface area is 105 Å². The van der Waals surface area contributed by atoms with Crippen LogP contribution < -0.4 is 0 Å². The fraction of sp³-hybridized carbons (Fsp3) is 0.462. The molecule has 15 heavy (non-hydrogen) atoms. The normalized spacial score (nSPS) is 12.5. The number of halogens is 1. The molecule has 0 heterocycles. The number of hydrogen-bond donors (Lipinski definition) is 0. The molecule has 0 fully saturated rings. The lowest BCUT2D eigenvalue weighted by Gasteiger charge is -2.09. The molecule has 0 radical (unpaired) electrons. The van der Waals surface area contributed by atoms with Crippen molar-refractivity contribution >= 4 is 28.4 Å². The van der Waals surface area contributed by atoms with Gasteiger partial charge < -0.3 is 0 Å². The number of ketones is 1. The summed E-state index contributed by atoms with van der Waals surface area (Å²) in [6, 6.07) is 5.93. The average Bonchev–Trinajstić information content (AvgIpc) is 2.21. The minimum atomic E-state index is 0.275.